The monoisotopic (exact) mass is 287 g/mol. The number of nitriles is 1. The van der Waals surface area contributed by atoms with E-state index in [9.17, 15) is 4.79 Å². The van der Waals surface area contributed by atoms with Crippen LogP contribution in [0.4, 0.5) is 0 Å². The van der Waals surface area contributed by atoms with Crippen molar-refractivity contribution in [2.24, 2.45) is 5.92 Å². The van der Waals surface area contributed by atoms with Crippen LogP contribution in [0.2, 0.25) is 0 Å². The first kappa shape index (κ1) is 15.3. The van der Waals surface area contributed by atoms with Crippen molar-refractivity contribution in [1.29, 1.82) is 5.26 Å². The first-order valence-corrected chi connectivity index (χ1v) is 7.19. The van der Waals surface area contributed by atoms with Crippen molar-refractivity contribution < 1.29 is 9.53 Å². The van der Waals surface area contributed by atoms with Crippen LogP contribution in [0.3, 0.4) is 0 Å². The van der Waals surface area contributed by atoms with Crippen LogP contribution in [0.5, 0.6) is 5.75 Å². The van der Waals surface area contributed by atoms with E-state index in [2.05, 4.69) is 16.3 Å². The number of nitrogens with one attached hydrogen (secondary N) is 1. The molecule has 1 aromatic carbocycles. The predicted molar refractivity (Wildman–Crippen MR) is 79.8 cm³/mol. The minimum absolute atomic E-state index is 0.141. The number of nitrogens with zero attached hydrogens (tertiary/aromatic N) is 2. The summed E-state index contributed by atoms with van der Waals surface area (Å²) in [4.78, 5) is 13.9. The Hall–Kier alpha value is -2.06. The molecule has 1 amide bonds. The third-order valence-corrected chi connectivity index (χ3v) is 4.00. The molecule has 1 fully saturated rings. The van der Waals surface area contributed by atoms with Crippen molar-refractivity contribution in [2.45, 2.75) is 19.4 Å². The summed E-state index contributed by atoms with van der Waals surface area (Å²) in [5.74, 6) is 0.909. The van der Waals surface area contributed by atoms with Crippen molar-refractivity contribution in [2.75, 3.05) is 27.2 Å². The topological polar surface area (TPSA) is 65.4 Å². The van der Waals surface area contributed by atoms with Crippen molar-refractivity contribution in [1.82, 2.24) is 10.2 Å². The van der Waals surface area contributed by atoms with Gasteiger partial charge in [-0.05, 0) is 43.6 Å². The molecule has 5 nitrogen and oxygen atoms in total. The Morgan fingerprint density at radius 1 is 1.48 bits per heavy atom. The number of carbonyl (C=O) groups excluding carboxylic acids is 1. The van der Waals surface area contributed by atoms with E-state index in [4.69, 9.17) is 10.00 Å². The van der Waals surface area contributed by atoms with E-state index in [1.54, 1.807) is 20.2 Å². The van der Waals surface area contributed by atoms with Crippen molar-refractivity contribution in [3.05, 3.63) is 29.3 Å². The average molecular weight is 287 g/mol. The third kappa shape index (κ3) is 3.73. The molecule has 0 aliphatic carbocycles. The van der Waals surface area contributed by atoms with Gasteiger partial charge < -0.3 is 10.1 Å². The lowest BCUT2D eigenvalue weighted by Crippen LogP contribution is -2.39. The number of likely N-dealkylation sites (tertiary alicyclic amines) is 1. The van der Waals surface area contributed by atoms with E-state index >= 15 is 0 Å². The number of hydrogen-bond donors (Lipinski definition) is 1. The molecule has 112 valence electrons. The Labute approximate surface area is 125 Å². The quantitative estimate of drug-likeness (QED) is 0.912. The molecule has 0 radical (unpaired) electrons. The molecule has 2 rings (SSSR count). The second-order valence-corrected chi connectivity index (χ2v) is 5.31. The highest BCUT2D eigenvalue weighted by Gasteiger charge is 2.24. The highest BCUT2D eigenvalue weighted by molar-refractivity contribution is 5.78. The molecule has 1 aromatic rings. The van der Waals surface area contributed by atoms with Crippen molar-refractivity contribution in [3.8, 4) is 11.8 Å². The van der Waals surface area contributed by atoms with Gasteiger partial charge in [0, 0.05) is 19.5 Å². The molecular formula is C16H21N3O2. The molecule has 5 heteroatoms. The van der Waals surface area contributed by atoms with Gasteiger partial charge in [0.15, 0.2) is 0 Å². The molecule has 1 aliphatic heterocycles. The molecule has 0 atom stereocenters. The first-order valence-electron chi connectivity index (χ1n) is 7.19. The summed E-state index contributed by atoms with van der Waals surface area (Å²) in [6, 6.07) is 7.80. The molecule has 0 saturated carbocycles. The van der Waals surface area contributed by atoms with E-state index in [0.717, 1.165) is 38.0 Å². The summed E-state index contributed by atoms with van der Waals surface area (Å²) in [6.45, 7) is 2.66. The maximum Gasteiger partial charge on any atom is 0.222 e. The summed E-state index contributed by atoms with van der Waals surface area (Å²) in [5.41, 5.74) is 1.68. The molecule has 0 unspecified atom stereocenters. The predicted octanol–water partition coefficient (Wildman–Crippen LogP) is 1.52. The van der Waals surface area contributed by atoms with Crippen LogP contribution in [0.15, 0.2) is 18.2 Å². The smallest absolute Gasteiger partial charge is 0.222 e. The molecule has 1 saturated heterocycles. The van der Waals surface area contributed by atoms with Gasteiger partial charge in [-0.2, -0.15) is 5.26 Å². The number of piperidine rings is 1. The molecule has 0 aromatic heterocycles. The van der Waals surface area contributed by atoms with Crippen LogP contribution in [0.1, 0.15) is 24.0 Å². The Morgan fingerprint density at radius 2 is 2.19 bits per heavy atom. The normalized spacial score (nSPS) is 16.2. The molecular weight excluding hydrogens is 266 g/mol. The van der Waals surface area contributed by atoms with Crippen LogP contribution in [-0.2, 0) is 11.3 Å². The van der Waals surface area contributed by atoms with Crippen LogP contribution < -0.4 is 10.1 Å². The lowest BCUT2D eigenvalue weighted by Gasteiger charge is -2.31. The van der Waals surface area contributed by atoms with Crippen LogP contribution >= 0.6 is 0 Å². The van der Waals surface area contributed by atoms with Crippen molar-refractivity contribution >= 4 is 5.91 Å². The standard InChI is InChI=1S/C16H21N3O2/c1-18-16(20)13-5-7-19(8-6-13)11-12-3-4-14(10-17)15(9-12)21-2/h3-4,9,13H,5-8,11H2,1-2H3,(H,18,20). The number of methoxy groups -OCH3 is 1. The minimum atomic E-state index is 0.141. The van der Waals surface area contributed by atoms with Crippen molar-refractivity contribution in [3.63, 3.8) is 0 Å². The maximum atomic E-state index is 11.6. The Balaban J connectivity index is 1.95. The molecule has 21 heavy (non-hydrogen) atoms. The fraction of sp³-hybridized carbons (Fsp3) is 0.500. The van der Waals surface area contributed by atoms with Gasteiger partial charge in [-0.15, -0.1) is 0 Å². The van der Waals surface area contributed by atoms with Gasteiger partial charge >= 0.3 is 0 Å². The van der Waals surface area contributed by atoms with E-state index in [0.29, 0.717) is 11.3 Å². The number of hydrogen-bond acceptors (Lipinski definition) is 4. The Bertz CT molecular complexity index is 543. The van der Waals surface area contributed by atoms with E-state index in [1.165, 1.54) is 0 Å². The average Bonchev–Trinajstić information content (AvgIpc) is 2.54. The maximum absolute atomic E-state index is 11.6. The molecule has 1 N–H and O–H groups in total. The fourth-order valence-electron chi connectivity index (χ4n) is 2.74. The van der Waals surface area contributed by atoms with Gasteiger partial charge in [0.2, 0.25) is 5.91 Å². The van der Waals surface area contributed by atoms with Gasteiger partial charge in [-0.25, -0.2) is 0 Å². The molecule has 1 heterocycles. The van der Waals surface area contributed by atoms with Gasteiger partial charge in [0.25, 0.3) is 0 Å². The summed E-state index contributed by atoms with van der Waals surface area (Å²) >= 11 is 0. The Morgan fingerprint density at radius 3 is 2.76 bits per heavy atom. The lowest BCUT2D eigenvalue weighted by molar-refractivity contribution is -0.125. The second-order valence-electron chi connectivity index (χ2n) is 5.31. The minimum Gasteiger partial charge on any atom is -0.495 e. The van der Waals surface area contributed by atoms with Crippen LogP contribution in [0.25, 0.3) is 0 Å². The summed E-state index contributed by atoms with van der Waals surface area (Å²) in [7, 11) is 3.27. The van der Waals surface area contributed by atoms with E-state index in [-0.39, 0.29) is 11.8 Å². The Kier molecular flexibility index (Phi) is 5.18. The summed E-state index contributed by atoms with van der Waals surface area (Å²) in [6.07, 6.45) is 1.79. The van der Waals surface area contributed by atoms with E-state index in [1.807, 2.05) is 12.1 Å². The highest BCUT2D eigenvalue weighted by atomic mass is 16.5. The summed E-state index contributed by atoms with van der Waals surface area (Å²) in [5, 5.41) is 11.7. The van der Waals surface area contributed by atoms with Crippen LogP contribution in [-0.4, -0.2) is 38.1 Å². The lowest BCUT2D eigenvalue weighted by atomic mass is 9.95. The van der Waals surface area contributed by atoms with Gasteiger partial charge in [-0.3, -0.25) is 9.69 Å². The van der Waals surface area contributed by atoms with Gasteiger partial charge in [0.05, 0.1) is 12.7 Å². The number of rotatable bonds is 4. The zero-order chi connectivity index (χ0) is 15.2. The van der Waals surface area contributed by atoms with Gasteiger partial charge in [0.1, 0.15) is 11.8 Å². The second kappa shape index (κ2) is 7.09. The number of ether oxygens (including phenoxy) is 1. The zero-order valence-electron chi connectivity index (χ0n) is 12.6. The SMILES string of the molecule is CNC(=O)C1CCN(Cc2ccc(C#N)c(OC)c2)CC1. The number of benzene rings is 1. The zero-order valence-corrected chi connectivity index (χ0v) is 12.6. The third-order valence-electron chi connectivity index (χ3n) is 4.00. The molecule has 1 aliphatic rings. The largest absolute Gasteiger partial charge is 0.495 e. The van der Waals surface area contributed by atoms with Gasteiger partial charge in [-0.1, -0.05) is 6.07 Å². The van der Waals surface area contributed by atoms with Crippen LogP contribution in [0, 0.1) is 17.2 Å². The highest BCUT2D eigenvalue weighted by Crippen LogP contribution is 2.23. The fourth-order valence-corrected chi connectivity index (χ4v) is 2.74. The first-order chi connectivity index (χ1) is 10.2. The summed E-state index contributed by atoms with van der Waals surface area (Å²) < 4.78 is 5.24. The molecule has 0 bridgehead atoms. The number of carbonyl (C=O) groups is 1. The number of amides is 1. The molecule has 0 spiro atoms. The van der Waals surface area contributed by atoms with E-state index < -0.39 is 0 Å².